The fraction of sp³-hybridized carbons (Fsp3) is 0.238. The largest absolute Gasteiger partial charge is 0.463 e. The zero-order valence-electron chi connectivity index (χ0n) is 16.3. The zero-order valence-corrected chi connectivity index (χ0v) is 17.1. The van der Waals surface area contributed by atoms with Gasteiger partial charge in [-0.05, 0) is 41.5 Å². The van der Waals surface area contributed by atoms with Crippen molar-refractivity contribution in [2.45, 2.75) is 24.3 Å². The van der Waals surface area contributed by atoms with E-state index in [1.54, 1.807) is 18.2 Å². The fourth-order valence-corrected chi connectivity index (χ4v) is 3.86. The molecule has 0 aliphatic rings. The molecule has 0 bridgehead atoms. The van der Waals surface area contributed by atoms with Crippen molar-refractivity contribution in [1.29, 1.82) is 0 Å². The minimum absolute atomic E-state index is 0.0200. The molecular weight excluding hydrogens is 410 g/mol. The Morgan fingerprint density at radius 1 is 1.03 bits per heavy atom. The van der Waals surface area contributed by atoms with Gasteiger partial charge in [0.2, 0.25) is 15.8 Å². The van der Waals surface area contributed by atoms with Crippen LogP contribution < -0.4 is 4.72 Å². The van der Waals surface area contributed by atoms with E-state index in [1.165, 1.54) is 19.2 Å². The van der Waals surface area contributed by atoms with Crippen LogP contribution in [0.4, 0.5) is 0 Å². The first-order valence-electron chi connectivity index (χ1n) is 9.20. The van der Waals surface area contributed by atoms with E-state index in [4.69, 9.17) is 9.15 Å². The summed E-state index contributed by atoms with van der Waals surface area (Å²) in [7, 11) is -2.44. The van der Waals surface area contributed by atoms with Crippen LogP contribution in [0.3, 0.4) is 0 Å². The standard InChI is InChI=1S/C21H21NO7S/c1-27-21(24)19-11-9-17(29-19)14-28-20(23)7-4-12-22-30(25,26)18-10-8-15-5-2-3-6-16(15)13-18/h2-3,5-6,8-11,13,22H,4,7,12,14H2,1H3. The summed E-state index contributed by atoms with van der Waals surface area (Å²) < 4.78 is 42.1. The maximum absolute atomic E-state index is 12.4. The van der Waals surface area contributed by atoms with Gasteiger partial charge in [0.05, 0.1) is 12.0 Å². The molecule has 0 atom stereocenters. The van der Waals surface area contributed by atoms with Crippen LogP contribution in [0.25, 0.3) is 10.8 Å². The van der Waals surface area contributed by atoms with E-state index < -0.39 is 22.0 Å². The number of carbonyl (C=O) groups excluding carboxylic acids is 2. The monoisotopic (exact) mass is 431 g/mol. The van der Waals surface area contributed by atoms with Gasteiger partial charge in [-0.2, -0.15) is 0 Å². The predicted molar refractivity (Wildman–Crippen MR) is 108 cm³/mol. The Labute approximate surface area is 173 Å². The van der Waals surface area contributed by atoms with Gasteiger partial charge in [0.25, 0.3) is 0 Å². The molecule has 0 spiro atoms. The van der Waals surface area contributed by atoms with Crippen molar-refractivity contribution in [3.8, 4) is 0 Å². The van der Waals surface area contributed by atoms with Crippen molar-refractivity contribution in [3.63, 3.8) is 0 Å². The van der Waals surface area contributed by atoms with Crippen molar-refractivity contribution in [1.82, 2.24) is 4.72 Å². The van der Waals surface area contributed by atoms with Crippen molar-refractivity contribution >= 4 is 32.7 Å². The van der Waals surface area contributed by atoms with E-state index >= 15 is 0 Å². The molecule has 0 amide bonds. The molecule has 3 aromatic rings. The number of esters is 2. The Morgan fingerprint density at radius 2 is 1.80 bits per heavy atom. The number of fused-ring (bicyclic) bond motifs is 1. The molecule has 0 radical (unpaired) electrons. The summed E-state index contributed by atoms with van der Waals surface area (Å²) in [4.78, 5) is 23.3. The summed E-state index contributed by atoms with van der Waals surface area (Å²) in [6.07, 6.45) is 0.308. The highest BCUT2D eigenvalue weighted by Gasteiger charge is 2.15. The number of benzene rings is 2. The third-order valence-electron chi connectivity index (χ3n) is 4.30. The van der Waals surface area contributed by atoms with Crippen LogP contribution in [-0.4, -0.2) is 34.0 Å². The van der Waals surface area contributed by atoms with Crippen molar-refractivity contribution in [2.75, 3.05) is 13.7 Å². The van der Waals surface area contributed by atoms with Crippen LogP contribution in [0.1, 0.15) is 29.2 Å². The topological polar surface area (TPSA) is 112 Å². The summed E-state index contributed by atoms with van der Waals surface area (Å²) in [5.74, 6) is -0.797. The van der Waals surface area contributed by atoms with Crippen LogP contribution in [0.15, 0.2) is 63.9 Å². The van der Waals surface area contributed by atoms with Gasteiger partial charge < -0.3 is 13.9 Å². The third-order valence-corrected chi connectivity index (χ3v) is 5.76. The van der Waals surface area contributed by atoms with Gasteiger partial charge in [-0.25, -0.2) is 17.9 Å². The van der Waals surface area contributed by atoms with E-state index in [2.05, 4.69) is 9.46 Å². The molecule has 0 aliphatic heterocycles. The highest BCUT2D eigenvalue weighted by atomic mass is 32.2. The Morgan fingerprint density at radius 3 is 2.57 bits per heavy atom. The van der Waals surface area contributed by atoms with E-state index in [0.717, 1.165) is 10.8 Å². The number of hydrogen-bond donors (Lipinski definition) is 1. The molecule has 158 valence electrons. The highest BCUT2D eigenvalue weighted by molar-refractivity contribution is 7.89. The summed E-state index contributed by atoms with van der Waals surface area (Å²) >= 11 is 0. The molecule has 1 heterocycles. The summed E-state index contributed by atoms with van der Waals surface area (Å²) in [6.45, 7) is -0.0316. The minimum Gasteiger partial charge on any atom is -0.463 e. The number of furan rings is 1. The number of nitrogens with one attached hydrogen (secondary N) is 1. The number of methoxy groups -OCH3 is 1. The lowest BCUT2D eigenvalue weighted by atomic mass is 10.1. The lowest BCUT2D eigenvalue weighted by Crippen LogP contribution is -2.25. The van der Waals surface area contributed by atoms with Crippen LogP contribution in [0.5, 0.6) is 0 Å². The molecule has 3 rings (SSSR count). The Hall–Kier alpha value is -3.17. The van der Waals surface area contributed by atoms with Crippen molar-refractivity contribution in [2.24, 2.45) is 0 Å². The number of sulfonamides is 1. The van der Waals surface area contributed by atoms with E-state index in [1.807, 2.05) is 24.3 Å². The van der Waals surface area contributed by atoms with Crippen LogP contribution in [-0.2, 0) is 30.9 Å². The van der Waals surface area contributed by atoms with E-state index in [0.29, 0.717) is 5.76 Å². The molecule has 0 saturated carbocycles. The Balaban J connectivity index is 1.43. The summed E-state index contributed by atoms with van der Waals surface area (Å²) in [5.41, 5.74) is 0. The van der Waals surface area contributed by atoms with Gasteiger partial charge in [-0.15, -0.1) is 0 Å². The first-order chi connectivity index (χ1) is 14.4. The molecule has 0 aliphatic carbocycles. The maximum Gasteiger partial charge on any atom is 0.373 e. The second kappa shape index (κ2) is 9.55. The summed E-state index contributed by atoms with van der Waals surface area (Å²) in [5, 5.41) is 1.78. The van der Waals surface area contributed by atoms with E-state index in [9.17, 15) is 18.0 Å². The van der Waals surface area contributed by atoms with Crippen LogP contribution in [0.2, 0.25) is 0 Å². The fourth-order valence-electron chi connectivity index (χ4n) is 2.75. The molecule has 0 fully saturated rings. The van der Waals surface area contributed by atoms with Crippen molar-refractivity contribution < 1.29 is 31.9 Å². The first-order valence-corrected chi connectivity index (χ1v) is 10.7. The predicted octanol–water partition coefficient (Wildman–Crippen LogP) is 3.02. The average molecular weight is 431 g/mol. The SMILES string of the molecule is COC(=O)c1ccc(COC(=O)CCCNS(=O)(=O)c2ccc3ccccc3c2)o1. The van der Waals surface area contributed by atoms with Gasteiger partial charge in [0.15, 0.2) is 0 Å². The Bertz CT molecular complexity index is 1150. The van der Waals surface area contributed by atoms with Crippen LogP contribution >= 0.6 is 0 Å². The van der Waals surface area contributed by atoms with Gasteiger partial charge in [0, 0.05) is 13.0 Å². The van der Waals surface area contributed by atoms with E-state index in [-0.39, 0.29) is 36.6 Å². The minimum atomic E-state index is -3.67. The molecule has 1 N–H and O–H groups in total. The Kier molecular flexibility index (Phi) is 6.86. The molecule has 0 unspecified atom stereocenters. The second-order valence-corrected chi connectivity index (χ2v) is 8.20. The zero-order chi connectivity index (χ0) is 21.6. The number of hydrogen-bond acceptors (Lipinski definition) is 7. The molecule has 2 aromatic carbocycles. The number of rotatable bonds is 9. The highest BCUT2D eigenvalue weighted by Crippen LogP contribution is 2.18. The van der Waals surface area contributed by atoms with Crippen LogP contribution in [0, 0.1) is 0 Å². The van der Waals surface area contributed by atoms with Gasteiger partial charge in [-0.1, -0.05) is 30.3 Å². The van der Waals surface area contributed by atoms with Gasteiger partial charge >= 0.3 is 11.9 Å². The lowest BCUT2D eigenvalue weighted by molar-refractivity contribution is -0.145. The molecular formula is C21H21NO7S. The smallest absolute Gasteiger partial charge is 0.373 e. The van der Waals surface area contributed by atoms with Crippen molar-refractivity contribution in [3.05, 3.63) is 66.1 Å². The molecule has 0 saturated heterocycles. The number of carbonyl (C=O) groups is 2. The molecule has 8 nitrogen and oxygen atoms in total. The second-order valence-electron chi connectivity index (χ2n) is 6.43. The van der Waals surface area contributed by atoms with Gasteiger partial charge in [0.1, 0.15) is 12.4 Å². The van der Waals surface area contributed by atoms with Gasteiger partial charge in [-0.3, -0.25) is 4.79 Å². The number of ether oxygens (including phenoxy) is 2. The summed E-state index contributed by atoms with van der Waals surface area (Å²) in [6, 6.07) is 15.3. The third kappa shape index (κ3) is 5.46. The maximum atomic E-state index is 12.4. The lowest BCUT2D eigenvalue weighted by Gasteiger charge is -2.08. The normalized spacial score (nSPS) is 11.4. The molecule has 30 heavy (non-hydrogen) atoms. The molecule has 1 aromatic heterocycles. The first kappa shape index (κ1) is 21.5. The quantitative estimate of drug-likeness (QED) is 0.409. The molecule has 9 heteroatoms. The average Bonchev–Trinajstić information content (AvgIpc) is 3.23.